The molecule has 2 aliphatic heterocycles. The molecule has 1 unspecified atom stereocenters. The molecule has 12 nitrogen and oxygen atoms in total. The zero-order chi connectivity index (χ0) is 41.9. The third kappa shape index (κ3) is 13.3. The monoisotopic (exact) mass is 806 g/mol. The molecule has 0 N–H and O–H groups in total. The number of allylic oxidation sites excluding steroid dienone is 6. The van der Waals surface area contributed by atoms with E-state index in [4.69, 9.17) is 37.9 Å². The fraction of sp³-hybridized carbons (Fsp3) is 0.565. The second-order valence-electron chi connectivity index (χ2n) is 14.6. The number of likely N-dealkylation sites (tertiary alicyclic amines) is 1. The van der Waals surface area contributed by atoms with E-state index in [1.807, 2.05) is 49.4 Å². The average molecular weight is 807 g/mol. The van der Waals surface area contributed by atoms with E-state index in [1.54, 1.807) is 39.2 Å². The van der Waals surface area contributed by atoms with Crippen LogP contribution in [0.3, 0.4) is 0 Å². The molecule has 0 bridgehead atoms. The van der Waals surface area contributed by atoms with E-state index in [0.717, 1.165) is 68.3 Å². The van der Waals surface area contributed by atoms with Gasteiger partial charge >= 0.3 is 0 Å². The highest BCUT2D eigenvalue weighted by Gasteiger charge is 2.38. The van der Waals surface area contributed by atoms with Crippen molar-refractivity contribution in [3.05, 3.63) is 101 Å². The zero-order valence-corrected chi connectivity index (χ0v) is 35.8. The number of benzene rings is 1. The van der Waals surface area contributed by atoms with Crippen LogP contribution >= 0.6 is 0 Å². The molecule has 1 aromatic rings. The summed E-state index contributed by atoms with van der Waals surface area (Å²) in [7, 11) is 7.95. The van der Waals surface area contributed by atoms with Gasteiger partial charge in [-0.15, -0.1) is 0 Å². The van der Waals surface area contributed by atoms with Crippen LogP contribution in [0.4, 0.5) is 0 Å². The van der Waals surface area contributed by atoms with Gasteiger partial charge in [-0.05, 0) is 92.9 Å². The first-order chi connectivity index (χ1) is 28.2. The van der Waals surface area contributed by atoms with Gasteiger partial charge in [-0.2, -0.15) is 0 Å². The van der Waals surface area contributed by atoms with Crippen LogP contribution in [0.2, 0.25) is 0 Å². The molecule has 12 heteroatoms. The number of ketones is 1. The third-order valence-corrected chi connectivity index (χ3v) is 10.9. The lowest BCUT2D eigenvalue weighted by molar-refractivity contribution is -0.142. The maximum atomic E-state index is 14.4. The van der Waals surface area contributed by atoms with Gasteiger partial charge in [0.2, 0.25) is 5.91 Å². The Morgan fingerprint density at radius 1 is 1.03 bits per heavy atom. The summed E-state index contributed by atoms with van der Waals surface area (Å²) in [5.74, 6) is 1.95. The van der Waals surface area contributed by atoms with E-state index in [-0.39, 0.29) is 24.4 Å². The fourth-order valence-electron chi connectivity index (χ4n) is 7.50. The third-order valence-electron chi connectivity index (χ3n) is 10.9. The lowest BCUT2D eigenvalue weighted by atomic mass is 9.93. The number of carbonyl (C=O) groups excluding carboxylic acids is 2. The van der Waals surface area contributed by atoms with Crippen LogP contribution in [0.15, 0.2) is 95.4 Å². The van der Waals surface area contributed by atoms with Gasteiger partial charge in [-0.25, -0.2) is 0 Å². The van der Waals surface area contributed by atoms with Gasteiger partial charge in [0.05, 0.1) is 59.7 Å². The molecule has 0 aromatic heterocycles. The average Bonchev–Trinajstić information content (AvgIpc) is 3.75. The van der Waals surface area contributed by atoms with Crippen molar-refractivity contribution < 1.29 is 47.5 Å². The number of morpholine rings is 1. The van der Waals surface area contributed by atoms with Crippen LogP contribution in [0, 0.1) is 5.92 Å². The molecule has 4 rings (SSSR count). The Balaban J connectivity index is 1.51. The number of ether oxygens (including phenoxy) is 8. The standard InChI is InChI=1S/C46H66N2O10/c1-9-10-11-16-38(33(2)29-44(54-7)45(55-8)34(3)51-4)46(50)48-22-13-17-39(48)40(49)32-58-41(20-18-35-19-21-42(52-5)43(30-35)53-6)36-14-12-15-37(31-36)57-28-25-47-23-26-56-27-24-47/h10-12,14-15,19,29-31,38-39,41-42H,2,9,13,16-18,20-28,32H2,1,3-8H3/b11-10-,44-29+,45-34-/t38-,39-,41+,42?/m0/s1. The number of hydrogen-bond acceptors (Lipinski definition) is 11. The molecule has 1 aliphatic carbocycles. The first-order valence-electron chi connectivity index (χ1n) is 20.5. The Labute approximate surface area is 346 Å². The van der Waals surface area contributed by atoms with Crippen LogP contribution in [-0.2, 0) is 42.7 Å². The summed E-state index contributed by atoms with van der Waals surface area (Å²) in [4.78, 5) is 32.6. The van der Waals surface area contributed by atoms with Crippen molar-refractivity contribution in [3.8, 4) is 5.75 Å². The minimum absolute atomic E-state index is 0.112. The quantitative estimate of drug-likeness (QED) is 0.0598. The van der Waals surface area contributed by atoms with Gasteiger partial charge in [0.15, 0.2) is 17.3 Å². The largest absolute Gasteiger partial charge is 0.498 e. The predicted octanol–water partition coefficient (Wildman–Crippen LogP) is 7.25. The molecule has 0 saturated carbocycles. The Morgan fingerprint density at radius 2 is 1.83 bits per heavy atom. The van der Waals surface area contributed by atoms with Crippen molar-refractivity contribution in [1.82, 2.24) is 9.80 Å². The predicted molar refractivity (Wildman–Crippen MR) is 224 cm³/mol. The van der Waals surface area contributed by atoms with Gasteiger partial charge in [-0.3, -0.25) is 14.5 Å². The molecule has 1 amide bonds. The zero-order valence-electron chi connectivity index (χ0n) is 35.8. The number of carbonyl (C=O) groups is 2. The number of methoxy groups -OCH3 is 5. The number of Topliss-reactive ketones (excluding diaryl/α,β-unsaturated/α-hetero) is 1. The minimum Gasteiger partial charge on any atom is -0.498 e. The maximum absolute atomic E-state index is 14.4. The van der Waals surface area contributed by atoms with Crippen LogP contribution in [-0.4, -0.2) is 122 Å². The van der Waals surface area contributed by atoms with Crippen molar-refractivity contribution in [1.29, 1.82) is 0 Å². The highest BCUT2D eigenvalue weighted by atomic mass is 16.5. The van der Waals surface area contributed by atoms with Crippen molar-refractivity contribution in [3.63, 3.8) is 0 Å². The van der Waals surface area contributed by atoms with Crippen LogP contribution in [0.25, 0.3) is 0 Å². The van der Waals surface area contributed by atoms with Gasteiger partial charge < -0.3 is 42.8 Å². The topological polar surface area (TPSA) is 114 Å². The first kappa shape index (κ1) is 46.3. The van der Waals surface area contributed by atoms with Crippen LogP contribution < -0.4 is 4.74 Å². The van der Waals surface area contributed by atoms with Gasteiger partial charge in [0, 0.05) is 33.3 Å². The van der Waals surface area contributed by atoms with Crippen molar-refractivity contribution in [2.24, 2.45) is 5.92 Å². The lowest BCUT2D eigenvalue weighted by Crippen LogP contribution is -2.45. The summed E-state index contributed by atoms with van der Waals surface area (Å²) >= 11 is 0. The summed E-state index contributed by atoms with van der Waals surface area (Å²) in [5.41, 5.74) is 2.59. The molecule has 1 aromatic carbocycles. The van der Waals surface area contributed by atoms with Crippen molar-refractivity contribution in [2.45, 2.75) is 77.0 Å². The first-order valence-corrected chi connectivity index (χ1v) is 20.5. The van der Waals surface area contributed by atoms with Gasteiger partial charge in [-0.1, -0.05) is 43.9 Å². The van der Waals surface area contributed by atoms with Crippen LogP contribution in [0.1, 0.15) is 70.5 Å². The molecule has 2 saturated heterocycles. The molecule has 3 aliphatic rings. The molecule has 2 fully saturated rings. The van der Waals surface area contributed by atoms with Crippen molar-refractivity contribution >= 4 is 11.7 Å². The van der Waals surface area contributed by atoms with E-state index in [0.29, 0.717) is 68.1 Å². The summed E-state index contributed by atoms with van der Waals surface area (Å²) in [6.45, 7) is 13.1. The second kappa shape index (κ2) is 24.5. The van der Waals surface area contributed by atoms with Gasteiger partial charge in [0.25, 0.3) is 0 Å². The van der Waals surface area contributed by atoms with Crippen molar-refractivity contribution in [2.75, 3.05) is 88.2 Å². The fourth-order valence-corrected chi connectivity index (χ4v) is 7.50. The summed E-state index contributed by atoms with van der Waals surface area (Å²) in [5, 5.41) is 0. The summed E-state index contributed by atoms with van der Waals surface area (Å²) in [6.07, 6.45) is 14.0. The molecule has 0 spiro atoms. The van der Waals surface area contributed by atoms with Crippen LogP contribution in [0.5, 0.6) is 5.75 Å². The SMILES string of the molecule is C=C(/C=C(OC)\C(OC)=C(/C)OC)[C@H](C/C=C\CC)C(=O)N1CCC[C@H]1C(=O)CO[C@H](CCC1=CCC(OC)C(OC)=C1)c1cccc(OCCN2CCOCC2)c1. The lowest BCUT2D eigenvalue weighted by Gasteiger charge is -2.29. The Hall–Kier alpha value is -4.36. The normalized spacial score (nSPS) is 20.5. The van der Waals surface area contributed by atoms with E-state index in [1.165, 1.54) is 14.2 Å². The number of rotatable bonds is 24. The second-order valence-corrected chi connectivity index (χ2v) is 14.6. The van der Waals surface area contributed by atoms with E-state index < -0.39 is 18.1 Å². The minimum atomic E-state index is -0.617. The van der Waals surface area contributed by atoms with E-state index >= 15 is 0 Å². The van der Waals surface area contributed by atoms with E-state index in [2.05, 4.69) is 17.6 Å². The number of hydrogen-bond donors (Lipinski definition) is 0. The molecular formula is C46H66N2O10. The Morgan fingerprint density at radius 3 is 2.52 bits per heavy atom. The maximum Gasteiger partial charge on any atom is 0.231 e. The Bertz CT molecular complexity index is 1660. The molecule has 58 heavy (non-hydrogen) atoms. The summed E-state index contributed by atoms with van der Waals surface area (Å²) < 4.78 is 46.0. The molecule has 320 valence electrons. The molecule has 2 heterocycles. The smallest absolute Gasteiger partial charge is 0.231 e. The summed E-state index contributed by atoms with van der Waals surface area (Å²) in [6, 6.07) is 7.33. The number of nitrogens with zero attached hydrogens (tertiary/aromatic N) is 2. The Kier molecular flexibility index (Phi) is 19.6. The molecule has 4 atom stereocenters. The molecule has 0 radical (unpaired) electrons. The van der Waals surface area contributed by atoms with Gasteiger partial charge in [0.1, 0.15) is 36.6 Å². The highest BCUT2D eigenvalue weighted by Crippen LogP contribution is 2.32. The molecular weight excluding hydrogens is 741 g/mol. The van der Waals surface area contributed by atoms with E-state index in [9.17, 15) is 9.59 Å². The highest BCUT2D eigenvalue weighted by molar-refractivity contribution is 5.92. The number of amides is 1.